The number of nitrogens with two attached hydrogens (primary N) is 1. The van der Waals surface area contributed by atoms with Gasteiger partial charge in [-0.05, 0) is 0 Å². The number of nitrogens with one attached hydrogen (secondary N) is 1. The largest absolute Gasteiger partial charge is 0.405 e. The van der Waals surface area contributed by atoms with Crippen molar-refractivity contribution in [1.29, 1.82) is 0 Å². The lowest BCUT2D eigenvalue weighted by molar-refractivity contribution is -0.113. The van der Waals surface area contributed by atoms with Crippen LogP contribution in [0.15, 0.2) is 8.76 Å². The Morgan fingerprint density at radius 1 is 1.47 bits per heavy atom. The van der Waals surface area contributed by atoms with Gasteiger partial charge in [0.15, 0.2) is 4.34 Å². The lowest BCUT2D eigenvalue weighted by atomic mass is 10.7. The van der Waals surface area contributed by atoms with Gasteiger partial charge in [0.2, 0.25) is 16.9 Å². The number of methoxy groups -OCH3 is 1. The first-order chi connectivity index (χ1) is 9.17. The Balaban J connectivity index is 1.80. The molecule has 0 aliphatic heterocycles. The highest BCUT2D eigenvalue weighted by molar-refractivity contribution is 8.01. The summed E-state index contributed by atoms with van der Waals surface area (Å²) in [6.45, 7) is 0.196. The summed E-state index contributed by atoms with van der Waals surface area (Å²) < 4.78 is 10.6. The molecule has 0 aliphatic carbocycles. The van der Waals surface area contributed by atoms with Crippen molar-refractivity contribution in [2.24, 2.45) is 0 Å². The van der Waals surface area contributed by atoms with E-state index in [4.69, 9.17) is 14.9 Å². The Bertz CT molecular complexity index is 556. The van der Waals surface area contributed by atoms with Crippen LogP contribution in [0.1, 0.15) is 5.89 Å². The molecule has 0 aromatic carbocycles. The van der Waals surface area contributed by atoms with E-state index < -0.39 is 0 Å². The molecule has 0 bridgehead atoms. The summed E-state index contributed by atoms with van der Waals surface area (Å²) in [5.74, 6) is 0.158. The molecule has 9 nitrogen and oxygen atoms in total. The van der Waals surface area contributed by atoms with Crippen molar-refractivity contribution in [1.82, 2.24) is 20.4 Å². The summed E-state index contributed by atoms with van der Waals surface area (Å²) in [7, 11) is 1.51. The zero-order chi connectivity index (χ0) is 13.7. The molecule has 3 N–H and O–H groups in total. The summed E-state index contributed by atoms with van der Waals surface area (Å²) in [4.78, 5) is 11.6. The van der Waals surface area contributed by atoms with Gasteiger partial charge in [-0.1, -0.05) is 28.2 Å². The Morgan fingerprint density at radius 2 is 2.32 bits per heavy atom. The zero-order valence-corrected chi connectivity index (χ0v) is 11.5. The predicted molar refractivity (Wildman–Crippen MR) is 68.7 cm³/mol. The van der Waals surface area contributed by atoms with Crippen LogP contribution in [0.25, 0.3) is 0 Å². The number of hydrogen-bond donors (Lipinski definition) is 2. The molecule has 2 aromatic heterocycles. The molecule has 0 saturated carbocycles. The van der Waals surface area contributed by atoms with Crippen LogP contribution < -0.4 is 11.1 Å². The van der Waals surface area contributed by atoms with Crippen LogP contribution in [0.2, 0.25) is 0 Å². The number of nitrogen functional groups attached to an aromatic ring is 1. The quantitative estimate of drug-likeness (QED) is 0.727. The average molecular weight is 302 g/mol. The van der Waals surface area contributed by atoms with Crippen LogP contribution in [0, 0.1) is 0 Å². The number of anilines is 2. The predicted octanol–water partition coefficient (Wildman–Crippen LogP) is 0.380. The summed E-state index contributed by atoms with van der Waals surface area (Å²) >= 11 is 2.44. The molecule has 2 aromatic rings. The second-order valence-electron chi connectivity index (χ2n) is 3.18. The summed E-state index contributed by atoms with van der Waals surface area (Å²) in [6, 6.07) is 0.0365. The molecule has 0 radical (unpaired) electrons. The molecule has 19 heavy (non-hydrogen) atoms. The summed E-state index contributed by atoms with van der Waals surface area (Å²) in [5.41, 5.74) is 5.43. The van der Waals surface area contributed by atoms with Crippen molar-refractivity contribution >= 4 is 40.2 Å². The number of carbonyl (C=O) groups is 1. The Morgan fingerprint density at radius 3 is 3.00 bits per heavy atom. The van der Waals surface area contributed by atoms with E-state index in [1.165, 1.54) is 30.2 Å². The number of aromatic nitrogens is 4. The summed E-state index contributed by atoms with van der Waals surface area (Å²) in [6.07, 6.45) is 0. The van der Waals surface area contributed by atoms with Crippen LogP contribution in [0.4, 0.5) is 11.1 Å². The van der Waals surface area contributed by atoms with Crippen molar-refractivity contribution in [3.63, 3.8) is 0 Å². The van der Waals surface area contributed by atoms with Crippen LogP contribution >= 0.6 is 23.1 Å². The van der Waals surface area contributed by atoms with E-state index >= 15 is 0 Å². The number of hydrogen-bond acceptors (Lipinski definition) is 10. The van der Waals surface area contributed by atoms with Gasteiger partial charge in [-0.25, -0.2) is 0 Å². The Kier molecular flexibility index (Phi) is 4.65. The Hall–Kier alpha value is -1.72. The fourth-order valence-electron chi connectivity index (χ4n) is 1.05. The van der Waals surface area contributed by atoms with E-state index in [2.05, 4.69) is 25.7 Å². The first-order valence-corrected chi connectivity index (χ1v) is 6.80. The molecule has 2 heterocycles. The van der Waals surface area contributed by atoms with Gasteiger partial charge in [0.25, 0.3) is 0 Å². The minimum atomic E-state index is -0.286. The van der Waals surface area contributed by atoms with Crippen molar-refractivity contribution < 1.29 is 13.9 Å². The zero-order valence-electron chi connectivity index (χ0n) is 9.82. The van der Waals surface area contributed by atoms with E-state index in [0.29, 0.717) is 15.4 Å². The van der Waals surface area contributed by atoms with Crippen molar-refractivity contribution in [3.05, 3.63) is 5.89 Å². The van der Waals surface area contributed by atoms with Crippen molar-refractivity contribution in [2.75, 3.05) is 23.9 Å². The maximum atomic E-state index is 11.6. The topological polar surface area (TPSA) is 129 Å². The third-order valence-corrected chi connectivity index (χ3v) is 3.62. The number of nitrogens with zero attached hydrogens (tertiary/aromatic N) is 4. The third kappa shape index (κ3) is 4.15. The Labute approximate surface area is 115 Å². The highest BCUT2D eigenvalue weighted by Gasteiger charge is 2.11. The van der Waals surface area contributed by atoms with Gasteiger partial charge in [-0.3, -0.25) is 10.1 Å². The van der Waals surface area contributed by atoms with Gasteiger partial charge in [0, 0.05) is 7.11 Å². The maximum Gasteiger partial charge on any atom is 0.322 e. The van der Waals surface area contributed by atoms with Crippen LogP contribution in [0.3, 0.4) is 0 Å². The molecule has 0 unspecified atom stereocenters. The number of carbonyl (C=O) groups excluding carboxylic acids is 1. The van der Waals surface area contributed by atoms with Crippen molar-refractivity contribution in [3.8, 4) is 0 Å². The van der Waals surface area contributed by atoms with Gasteiger partial charge in [0.1, 0.15) is 6.61 Å². The number of thioether (sulfide) groups is 1. The average Bonchev–Trinajstić information content (AvgIpc) is 2.97. The normalized spacial score (nSPS) is 10.6. The molecule has 0 fully saturated rings. The number of amides is 1. The molecular formula is C8H10N6O3S2. The molecule has 0 spiro atoms. The van der Waals surface area contributed by atoms with Gasteiger partial charge < -0.3 is 14.9 Å². The van der Waals surface area contributed by atoms with Crippen LogP contribution in [0.5, 0.6) is 0 Å². The second kappa shape index (κ2) is 6.45. The second-order valence-corrected chi connectivity index (χ2v) is 5.41. The molecule has 1 amide bonds. The van der Waals surface area contributed by atoms with E-state index in [0.717, 1.165) is 0 Å². The number of ether oxygens (including phenoxy) is 1. The third-order valence-electron chi connectivity index (χ3n) is 1.73. The van der Waals surface area contributed by atoms with Crippen LogP contribution in [-0.2, 0) is 16.1 Å². The fourth-order valence-corrected chi connectivity index (χ4v) is 2.48. The minimum absolute atomic E-state index is 0.0365. The van der Waals surface area contributed by atoms with E-state index in [1.54, 1.807) is 0 Å². The van der Waals surface area contributed by atoms with Crippen molar-refractivity contribution in [2.45, 2.75) is 10.9 Å². The highest BCUT2D eigenvalue weighted by atomic mass is 32.2. The highest BCUT2D eigenvalue weighted by Crippen LogP contribution is 2.23. The molecule has 0 aliphatic rings. The summed E-state index contributed by atoms with van der Waals surface area (Å²) in [5, 5.41) is 17.6. The van der Waals surface area contributed by atoms with Crippen LogP contribution in [-0.4, -0.2) is 39.2 Å². The molecular weight excluding hydrogens is 292 g/mol. The van der Waals surface area contributed by atoms with Gasteiger partial charge in [0.05, 0.1) is 5.75 Å². The first-order valence-electron chi connectivity index (χ1n) is 5.00. The van der Waals surface area contributed by atoms with E-state index in [1.807, 2.05) is 0 Å². The molecule has 2 rings (SSSR count). The molecule has 11 heteroatoms. The SMILES string of the molecule is COCc1nnc(NC(=O)CSc2nnc(N)s2)o1. The number of rotatable bonds is 6. The lowest BCUT2D eigenvalue weighted by Crippen LogP contribution is -2.14. The monoisotopic (exact) mass is 302 g/mol. The standard InChI is InChI=1S/C8H10N6O3S2/c1-16-2-5-11-13-7(17-5)10-4(15)3-18-8-14-12-6(9)19-8/h2-3H2,1H3,(H2,9,12)(H,10,13,15). The van der Waals surface area contributed by atoms with Gasteiger partial charge in [-0.15, -0.1) is 15.3 Å². The molecule has 0 saturated heterocycles. The minimum Gasteiger partial charge on any atom is -0.405 e. The molecule has 0 atom stereocenters. The fraction of sp³-hybridized carbons (Fsp3) is 0.375. The van der Waals surface area contributed by atoms with Gasteiger partial charge in [-0.2, -0.15) is 0 Å². The first kappa shape index (κ1) is 13.7. The van der Waals surface area contributed by atoms with Gasteiger partial charge >= 0.3 is 6.01 Å². The smallest absolute Gasteiger partial charge is 0.322 e. The maximum absolute atomic E-state index is 11.6. The molecule has 102 valence electrons. The van der Waals surface area contributed by atoms with E-state index in [9.17, 15) is 4.79 Å². The van der Waals surface area contributed by atoms with E-state index in [-0.39, 0.29) is 24.3 Å². The lowest BCUT2D eigenvalue weighted by Gasteiger charge is -1.97.